The fraction of sp³-hybridized carbons (Fsp3) is 0.733. The lowest BCUT2D eigenvalue weighted by atomic mass is 9.80. The van der Waals surface area contributed by atoms with Gasteiger partial charge in [0.25, 0.3) is 0 Å². The zero-order valence-electron chi connectivity index (χ0n) is 11.1. The molecule has 4 nitrogen and oxygen atoms in total. The van der Waals surface area contributed by atoms with Gasteiger partial charge in [0.15, 0.2) is 11.4 Å². The molecule has 1 aliphatic heterocycles. The number of esters is 1. The van der Waals surface area contributed by atoms with Crippen LogP contribution in [0, 0.1) is 11.8 Å². The van der Waals surface area contributed by atoms with Gasteiger partial charge in [-0.2, -0.15) is 0 Å². The van der Waals surface area contributed by atoms with Gasteiger partial charge in [0, 0.05) is 12.7 Å². The topological polar surface area (TPSA) is 52.6 Å². The first-order chi connectivity index (χ1) is 9.16. The maximum Gasteiger partial charge on any atom is 0.331 e. The van der Waals surface area contributed by atoms with Crippen molar-refractivity contribution in [1.29, 1.82) is 0 Å². The minimum Gasteiger partial charge on any atom is -0.448 e. The Bertz CT molecular complexity index is 410. The fourth-order valence-electron chi connectivity index (χ4n) is 3.99. The number of fused-ring (bicyclic) bond motifs is 2. The van der Waals surface area contributed by atoms with Crippen molar-refractivity contribution in [3.05, 3.63) is 12.7 Å². The lowest BCUT2D eigenvalue weighted by Gasteiger charge is -2.34. The first kappa shape index (κ1) is 12.9. The second-order valence-electron chi connectivity index (χ2n) is 5.92. The number of hydrogen-bond donors (Lipinski definition) is 0. The van der Waals surface area contributed by atoms with Gasteiger partial charge in [0.05, 0.1) is 12.0 Å². The van der Waals surface area contributed by atoms with E-state index in [9.17, 15) is 9.59 Å². The molecule has 2 bridgehead atoms. The summed E-state index contributed by atoms with van der Waals surface area (Å²) in [7, 11) is 0. The van der Waals surface area contributed by atoms with Crippen molar-refractivity contribution in [3.8, 4) is 0 Å². The molecule has 0 N–H and O–H groups in total. The molecule has 4 unspecified atom stereocenters. The van der Waals surface area contributed by atoms with Crippen LogP contribution in [0.2, 0.25) is 0 Å². The molecule has 1 saturated heterocycles. The van der Waals surface area contributed by atoms with Crippen LogP contribution in [0.1, 0.15) is 38.5 Å². The molecule has 3 rings (SSSR count). The van der Waals surface area contributed by atoms with Crippen LogP contribution in [-0.2, 0) is 19.1 Å². The van der Waals surface area contributed by atoms with Crippen LogP contribution >= 0.6 is 0 Å². The third kappa shape index (κ3) is 2.02. The van der Waals surface area contributed by atoms with Gasteiger partial charge in [-0.25, -0.2) is 4.79 Å². The van der Waals surface area contributed by atoms with Crippen LogP contribution < -0.4 is 0 Å². The van der Waals surface area contributed by atoms with Gasteiger partial charge in [0.2, 0.25) is 0 Å². The van der Waals surface area contributed by atoms with Crippen molar-refractivity contribution in [2.45, 2.75) is 50.2 Å². The molecule has 2 saturated carbocycles. The Hall–Kier alpha value is -1.16. The van der Waals surface area contributed by atoms with Gasteiger partial charge in [-0.05, 0) is 44.4 Å². The normalized spacial score (nSPS) is 41.3. The van der Waals surface area contributed by atoms with Crippen molar-refractivity contribution in [2.75, 3.05) is 6.61 Å². The van der Waals surface area contributed by atoms with E-state index < -0.39 is 11.6 Å². The SMILES string of the molecule is C=CC(=O)OC12CCC(C1)C(C1CCCCO1)C2=O. The van der Waals surface area contributed by atoms with Gasteiger partial charge in [-0.1, -0.05) is 6.58 Å². The number of hydrogen-bond acceptors (Lipinski definition) is 4. The summed E-state index contributed by atoms with van der Waals surface area (Å²) >= 11 is 0. The monoisotopic (exact) mass is 264 g/mol. The number of Topliss-reactive ketones (excluding diaryl/α,β-unsaturated/α-hetero) is 1. The van der Waals surface area contributed by atoms with Gasteiger partial charge in [-0.15, -0.1) is 0 Å². The standard InChI is InChI=1S/C15H20O4/c1-2-12(16)19-15-7-6-10(9-15)13(14(15)17)11-5-3-4-8-18-11/h2,10-11,13H,1,3-9H2. The van der Waals surface area contributed by atoms with E-state index >= 15 is 0 Å². The zero-order chi connectivity index (χ0) is 13.5. The molecule has 0 aromatic carbocycles. The smallest absolute Gasteiger partial charge is 0.331 e. The Balaban J connectivity index is 1.77. The third-order valence-electron chi connectivity index (χ3n) is 4.85. The molecular formula is C15H20O4. The van der Waals surface area contributed by atoms with E-state index in [1.165, 1.54) is 0 Å². The van der Waals surface area contributed by atoms with Gasteiger partial charge in [0.1, 0.15) is 0 Å². The lowest BCUT2D eigenvalue weighted by molar-refractivity contribution is -0.164. The number of ether oxygens (including phenoxy) is 2. The van der Waals surface area contributed by atoms with E-state index in [2.05, 4.69) is 6.58 Å². The molecule has 19 heavy (non-hydrogen) atoms. The molecule has 0 aromatic rings. The highest BCUT2D eigenvalue weighted by Gasteiger charge is 2.62. The predicted molar refractivity (Wildman–Crippen MR) is 68.4 cm³/mol. The Labute approximate surface area is 113 Å². The highest BCUT2D eigenvalue weighted by atomic mass is 16.6. The van der Waals surface area contributed by atoms with Gasteiger partial charge >= 0.3 is 5.97 Å². The molecule has 4 heteroatoms. The Kier molecular flexibility index (Phi) is 3.21. The molecule has 1 heterocycles. The summed E-state index contributed by atoms with van der Waals surface area (Å²) in [6.07, 6.45) is 6.64. The quantitative estimate of drug-likeness (QED) is 0.578. The van der Waals surface area contributed by atoms with Crippen LogP contribution in [0.4, 0.5) is 0 Å². The summed E-state index contributed by atoms with van der Waals surface area (Å²) in [5.74, 6) is -0.134. The molecule has 104 valence electrons. The Morgan fingerprint density at radius 2 is 2.26 bits per heavy atom. The van der Waals surface area contributed by atoms with E-state index in [1.807, 2.05) is 0 Å². The van der Waals surface area contributed by atoms with Crippen LogP contribution in [0.5, 0.6) is 0 Å². The first-order valence-electron chi connectivity index (χ1n) is 7.17. The molecule has 4 atom stereocenters. The van der Waals surface area contributed by atoms with E-state index in [0.717, 1.165) is 38.4 Å². The van der Waals surface area contributed by atoms with Crippen molar-refractivity contribution < 1.29 is 19.1 Å². The van der Waals surface area contributed by atoms with Gasteiger partial charge < -0.3 is 9.47 Å². The summed E-state index contributed by atoms with van der Waals surface area (Å²) in [5.41, 5.74) is -0.874. The second kappa shape index (κ2) is 4.75. The lowest BCUT2D eigenvalue weighted by Crippen LogP contribution is -2.45. The van der Waals surface area contributed by atoms with Crippen LogP contribution in [0.25, 0.3) is 0 Å². The van der Waals surface area contributed by atoms with Crippen molar-refractivity contribution >= 4 is 11.8 Å². The van der Waals surface area contributed by atoms with Crippen LogP contribution in [0.15, 0.2) is 12.7 Å². The highest BCUT2D eigenvalue weighted by Crippen LogP contribution is 2.53. The van der Waals surface area contributed by atoms with Crippen molar-refractivity contribution in [2.24, 2.45) is 11.8 Å². The number of rotatable bonds is 3. The van der Waals surface area contributed by atoms with Gasteiger partial charge in [-0.3, -0.25) is 4.79 Å². The van der Waals surface area contributed by atoms with E-state index in [0.29, 0.717) is 18.8 Å². The van der Waals surface area contributed by atoms with Crippen LogP contribution in [0.3, 0.4) is 0 Å². The van der Waals surface area contributed by atoms with Crippen molar-refractivity contribution in [3.63, 3.8) is 0 Å². The summed E-state index contributed by atoms with van der Waals surface area (Å²) in [6, 6.07) is 0. The highest BCUT2D eigenvalue weighted by molar-refractivity contribution is 5.96. The van der Waals surface area contributed by atoms with E-state index in [-0.39, 0.29) is 17.8 Å². The molecular weight excluding hydrogens is 244 g/mol. The van der Waals surface area contributed by atoms with E-state index in [1.54, 1.807) is 0 Å². The minimum atomic E-state index is -0.874. The average molecular weight is 264 g/mol. The summed E-state index contributed by atoms with van der Waals surface area (Å²) in [4.78, 5) is 24.1. The Morgan fingerprint density at radius 3 is 2.95 bits per heavy atom. The summed E-state index contributed by atoms with van der Waals surface area (Å²) in [5, 5.41) is 0. The van der Waals surface area contributed by atoms with Crippen LogP contribution in [-0.4, -0.2) is 30.1 Å². The number of carbonyl (C=O) groups is 2. The zero-order valence-corrected chi connectivity index (χ0v) is 11.1. The molecule has 2 aliphatic carbocycles. The Morgan fingerprint density at radius 1 is 1.42 bits per heavy atom. The van der Waals surface area contributed by atoms with Crippen molar-refractivity contribution in [1.82, 2.24) is 0 Å². The summed E-state index contributed by atoms with van der Waals surface area (Å²) < 4.78 is 11.2. The largest absolute Gasteiger partial charge is 0.448 e. The predicted octanol–water partition coefficient (Wildman–Crippen LogP) is 2.02. The molecule has 0 aromatic heterocycles. The maximum atomic E-state index is 12.6. The fourth-order valence-corrected chi connectivity index (χ4v) is 3.99. The third-order valence-corrected chi connectivity index (χ3v) is 4.85. The molecule has 3 fully saturated rings. The maximum absolute atomic E-state index is 12.6. The molecule has 0 radical (unpaired) electrons. The molecule has 0 spiro atoms. The molecule has 3 aliphatic rings. The van der Waals surface area contributed by atoms with E-state index in [4.69, 9.17) is 9.47 Å². The minimum absolute atomic E-state index is 0.0378. The second-order valence-corrected chi connectivity index (χ2v) is 5.92. The summed E-state index contributed by atoms with van der Waals surface area (Å²) in [6.45, 7) is 4.16. The average Bonchev–Trinajstić information content (AvgIpc) is 2.95. The number of carbonyl (C=O) groups excluding carboxylic acids is 2. The first-order valence-corrected chi connectivity index (χ1v) is 7.17. The molecule has 0 amide bonds. The number of ketones is 1.